The van der Waals surface area contributed by atoms with E-state index >= 15 is 0 Å². The molecule has 0 amide bonds. The van der Waals surface area contributed by atoms with E-state index in [1.165, 1.54) is 0 Å². The highest BCUT2D eigenvalue weighted by Crippen LogP contribution is 2.54. The third kappa shape index (κ3) is 2.00. The van der Waals surface area contributed by atoms with Gasteiger partial charge in [0.2, 0.25) is 5.92 Å². The van der Waals surface area contributed by atoms with E-state index in [9.17, 15) is 8.78 Å². The molecule has 16 heavy (non-hydrogen) atoms. The molecule has 0 unspecified atom stereocenters. The van der Waals surface area contributed by atoms with Gasteiger partial charge < -0.3 is 0 Å². The minimum Gasteiger partial charge on any atom is -0.207 e. The maximum Gasteiger partial charge on any atom is 0.249 e. The molecule has 0 bridgehead atoms. The monoisotopic (exact) mass is 308 g/mol. The molecule has 0 nitrogen and oxygen atoms in total. The standard InChI is InChI=1S/C12H12BrClF2/c1-7-3-8(10(14)4-9(7)13)11(2)5-12(15,16)6-11/h3-4H,5-6H2,1-2H3. The van der Waals surface area contributed by atoms with Crippen molar-refractivity contribution >= 4 is 27.5 Å². The van der Waals surface area contributed by atoms with Gasteiger partial charge in [0.25, 0.3) is 0 Å². The molecular weight excluding hydrogens is 297 g/mol. The first kappa shape index (κ1) is 12.3. The van der Waals surface area contributed by atoms with Gasteiger partial charge in [0.1, 0.15) is 0 Å². The van der Waals surface area contributed by atoms with Crippen molar-refractivity contribution in [1.29, 1.82) is 0 Å². The fraction of sp³-hybridized carbons (Fsp3) is 0.500. The van der Waals surface area contributed by atoms with Crippen LogP contribution < -0.4 is 0 Å². The average Bonchev–Trinajstić information content (AvgIpc) is 2.07. The van der Waals surface area contributed by atoms with E-state index in [0.29, 0.717) is 5.02 Å². The first-order valence-corrected chi connectivity index (χ1v) is 6.25. The van der Waals surface area contributed by atoms with Crippen molar-refractivity contribution in [3.8, 4) is 0 Å². The summed E-state index contributed by atoms with van der Waals surface area (Å²) < 4.78 is 26.9. The van der Waals surface area contributed by atoms with Gasteiger partial charge in [-0.25, -0.2) is 8.78 Å². The van der Waals surface area contributed by atoms with Crippen molar-refractivity contribution in [3.05, 3.63) is 32.8 Å². The lowest BCUT2D eigenvalue weighted by Gasteiger charge is -2.45. The molecule has 0 heterocycles. The van der Waals surface area contributed by atoms with Crippen LogP contribution >= 0.6 is 27.5 Å². The Bertz CT molecular complexity index is 435. The Kier molecular flexibility index (Phi) is 2.83. The second-order valence-corrected chi connectivity index (χ2v) is 6.11. The first-order chi connectivity index (χ1) is 7.23. The molecule has 0 spiro atoms. The van der Waals surface area contributed by atoms with Gasteiger partial charge in [-0.05, 0) is 24.1 Å². The van der Waals surface area contributed by atoms with E-state index in [2.05, 4.69) is 15.9 Å². The van der Waals surface area contributed by atoms with Gasteiger partial charge in [-0.2, -0.15) is 0 Å². The molecule has 1 aliphatic rings. The van der Waals surface area contributed by atoms with Crippen LogP contribution in [0.1, 0.15) is 30.9 Å². The lowest BCUT2D eigenvalue weighted by Crippen LogP contribution is -2.47. The SMILES string of the molecule is Cc1cc(C2(C)CC(F)(F)C2)c(Cl)cc1Br. The van der Waals surface area contributed by atoms with Crippen molar-refractivity contribution in [1.82, 2.24) is 0 Å². The van der Waals surface area contributed by atoms with E-state index in [-0.39, 0.29) is 12.8 Å². The molecule has 0 saturated heterocycles. The van der Waals surface area contributed by atoms with Gasteiger partial charge in [-0.1, -0.05) is 40.5 Å². The van der Waals surface area contributed by atoms with Crippen LogP contribution in [0.15, 0.2) is 16.6 Å². The van der Waals surface area contributed by atoms with Crippen molar-refractivity contribution in [3.63, 3.8) is 0 Å². The third-order valence-corrected chi connectivity index (χ3v) is 4.36. The minimum absolute atomic E-state index is 0.110. The zero-order valence-corrected chi connectivity index (χ0v) is 11.4. The molecule has 0 atom stereocenters. The van der Waals surface area contributed by atoms with Crippen LogP contribution in [0.25, 0.3) is 0 Å². The van der Waals surface area contributed by atoms with Crippen LogP contribution in [0.4, 0.5) is 8.78 Å². The van der Waals surface area contributed by atoms with Crippen LogP contribution in [0.2, 0.25) is 5.02 Å². The van der Waals surface area contributed by atoms with Gasteiger partial charge in [-0.3, -0.25) is 0 Å². The fourth-order valence-corrected chi connectivity index (χ4v) is 3.27. The summed E-state index contributed by atoms with van der Waals surface area (Å²) in [5.41, 5.74) is 1.38. The van der Waals surface area contributed by atoms with Crippen LogP contribution in [-0.2, 0) is 5.41 Å². The molecule has 0 aliphatic heterocycles. The van der Waals surface area contributed by atoms with Crippen LogP contribution in [-0.4, -0.2) is 5.92 Å². The number of benzene rings is 1. The summed E-state index contributed by atoms with van der Waals surface area (Å²) in [4.78, 5) is 0. The van der Waals surface area contributed by atoms with E-state index in [1.807, 2.05) is 19.9 Å². The lowest BCUT2D eigenvalue weighted by atomic mass is 9.63. The highest BCUT2D eigenvalue weighted by molar-refractivity contribution is 9.10. The summed E-state index contributed by atoms with van der Waals surface area (Å²) in [5.74, 6) is -2.53. The number of alkyl halides is 2. The Morgan fingerprint density at radius 3 is 2.38 bits per heavy atom. The summed E-state index contributed by atoms with van der Waals surface area (Å²) in [5, 5.41) is 0.565. The second kappa shape index (κ2) is 3.67. The van der Waals surface area contributed by atoms with Gasteiger partial charge in [0.15, 0.2) is 0 Å². The number of halogens is 4. The first-order valence-electron chi connectivity index (χ1n) is 5.07. The predicted octanol–water partition coefficient (Wildman–Crippen LogP) is 5.10. The molecule has 88 valence electrons. The highest BCUT2D eigenvalue weighted by atomic mass is 79.9. The maximum absolute atomic E-state index is 13.0. The summed E-state index contributed by atoms with van der Waals surface area (Å²) in [7, 11) is 0. The second-order valence-electron chi connectivity index (χ2n) is 4.85. The topological polar surface area (TPSA) is 0 Å². The molecule has 1 aromatic rings. The highest BCUT2D eigenvalue weighted by Gasteiger charge is 2.55. The number of rotatable bonds is 1. The Morgan fingerprint density at radius 2 is 1.88 bits per heavy atom. The molecule has 2 rings (SSSR count). The van der Waals surface area contributed by atoms with E-state index in [1.54, 1.807) is 6.07 Å². The summed E-state index contributed by atoms with van der Waals surface area (Å²) in [6.45, 7) is 3.78. The van der Waals surface area contributed by atoms with Crippen LogP contribution in [0.3, 0.4) is 0 Å². The molecule has 1 aromatic carbocycles. The molecule has 0 aromatic heterocycles. The summed E-state index contributed by atoms with van der Waals surface area (Å²) in [6.07, 6.45) is -0.221. The molecule has 1 saturated carbocycles. The molecule has 1 fully saturated rings. The van der Waals surface area contributed by atoms with Crippen molar-refractivity contribution in [2.75, 3.05) is 0 Å². The van der Waals surface area contributed by atoms with E-state index in [4.69, 9.17) is 11.6 Å². The predicted molar refractivity (Wildman–Crippen MR) is 65.4 cm³/mol. The molecule has 0 radical (unpaired) electrons. The summed E-state index contributed by atoms with van der Waals surface area (Å²) >= 11 is 9.49. The largest absolute Gasteiger partial charge is 0.249 e. The number of hydrogen-bond acceptors (Lipinski definition) is 0. The fourth-order valence-electron chi connectivity index (χ4n) is 2.40. The molecule has 4 heteroatoms. The number of hydrogen-bond donors (Lipinski definition) is 0. The Hall–Kier alpha value is -0.150. The maximum atomic E-state index is 13.0. The van der Waals surface area contributed by atoms with E-state index in [0.717, 1.165) is 15.6 Å². The Balaban J connectivity index is 2.39. The zero-order valence-electron chi connectivity index (χ0n) is 9.08. The number of aryl methyl sites for hydroxylation is 1. The normalized spacial score (nSPS) is 21.6. The third-order valence-electron chi connectivity index (χ3n) is 3.20. The Labute approximate surface area is 107 Å². The molecular formula is C12H12BrClF2. The summed E-state index contributed by atoms with van der Waals surface area (Å²) in [6, 6.07) is 3.69. The smallest absolute Gasteiger partial charge is 0.207 e. The van der Waals surface area contributed by atoms with Gasteiger partial charge in [0.05, 0.1) is 0 Å². The average molecular weight is 310 g/mol. The van der Waals surface area contributed by atoms with Crippen molar-refractivity contribution in [2.45, 2.75) is 38.0 Å². The van der Waals surface area contributed by atoms with Gasteiger partial charge >= 0.3 is 0 Å². The van der Waals surface area contributed by atoms with E-state index < -0.39 is 11.3 Å². The van der Waals surface area contributed by atoms with Crippen LogP contribution in [0, 0.1) is 6.92 Å². The molecule has 1 aliphatic carbocycles. The van der Waals surface area contributed by atoms with Gasteiger partial charge in [0, 0.05) is 27.8 Å². The zero-order chi connectivity index (χ0) is 12.1. The van der Waals surface area contributed by atoms with Crippen molar-refractivity contribution in [2.24, 2.45) is 0 Å². The molecule has 0 N–H and O–H groups in total. The quantitative estimate of drug-likeness (QED) is 0.677. The van der Waals surface area contributed by atoms with Crippen LogP contribution in [0.5, 0.6) is 0 Å². The minimum atomic E-state index is -2.53. The Morgan fingerprint density at radius 1 is 1.31 bits per heavy atom. The van der Waals surface area contributed by atoms with Gasteiger partial charge in [-0.15, -0.1) is 0 Å². The lowest BCUT2D eigenvalue weighted by molar-refractivity contribution is -0.120. The van der Waals surface area contributed by atoms with Crippen molar-refractivity contribution < 1.29 is 8.78 Å².